The molecular formula is H31Ca2O16P. The summed E-state index contributed by atoms with van der Waals surface area (Å²) >= 11 is 0. The molecule has 27 N–H and O–H groups in total. The van der Waals surface area contributed by atoms with Crippen molar-refractivity contribution in [3.63, 3.8) is 0 Å². The first kappa shape index (κ1) is 227. The summed E-state index contributed by atoms with van der Waals surface area (Å²) in [6, 6.07) is 0. The van der Waals surface area contributed by atoms with Crippen LogP contribution in [0.25, 0.3) is 0 Å². The van der Waals surface area contributed by atoms with Crippen LogP contribution in [0, 0.1) is 0 Å². The molecule has 0 atom stereocenters. The van der Waals surface area contributed by atoms with E-state index in [0.29, 0.717) is 0 Å². The van der Waals surface area contributed by atoms with E-state index in [2.05, 4.69) is 0 Å². The smallest absolute Gasteiger partial charge is 1.00 e. The molecule has 0 aromatic rings. The maximum Gasteiger partial charge on any atom is 2.00 e. The van der Waals surface area contributed by atoms with Crippen molar-refractivity contribution >= 4 is 83.3 Å². The predicted molar refractivity (Wildman–Crippen MR) is 73.6 cm³/mol. The molecule has 0 aliphatic heterocycles. The second kappa shape index (κ2) is 111. The average Bonchev–Trinajstić information content (AvgIpc) is 0.722. The second-order valence-corrected chi connectivity index (χ2v) is 1.54. The summed E-state index contributed by atoms with van der Waals surface area (Å²) in [7, 11) is -4.64. The van der Waals surface area contributed by atoms with Crippen LogP contribution in [-0.2, 0) is 4.57 Å². The molecule has 0 bridgehead atoms. The van der Waals surface area contributed by atoms with Gasteiger partial charge in [0.25, 0.3) is 0 Å². The van der Waals surface area contributed by atoms with Crippen molar-refractivity contribution in [2.75, 3.05) is 0 Å². The zero-order valence-electron chi connectivity index (χ0n) is 13.6. The van der Waals surface area contributed by atoms with Crippen LogP contribution in [0.5, 0.6) is 0 Å². The van der Waals surface area contributed by atoms with Crippen LogP contribution in [0.15, 0.2) is 0 Å². The van der Waals surface area contributed by atoms with Crippen LogP contribution in [0.1, 0.15) is 5.71 Å². The van der Waals surface area contributed by atoms with Gasteiger partial charge in [-0.15, -0.1) is 0 Å². The monoisotopic (exact) mass is 398 g/mol. The Morgan fingerprint density at radius 3 is 0.474 bits per heavy atom. The largest absolute Gasteiger partial charge is 2.00 e. The van der Waals surface area contributed by atoms with Crippen molar-refractivity contribution in [3.8, 4) is 0 Å². The Bertz CT molecular complexity index is 76.2. The van der Waals surface area contributed by atoms with Crippen LogP contribution in [0.2, 0.25) is 0 Å². The fourth-order valence-corrected chi connectivity index (χ4v) is 0. The van der Waals surface area contributed by atoms with Crippen molar-refractivity contribution in [1.29, 1.82) is 0 Å². The van der Waals surface area contributed by atoms with Gasteiger partial charge in [-0.1, -0.05) is 0 Å². The molecule has 0 heterocycles. The van der Waals surface area contributed by atoms with E-state index >= 15 is 0 Å². The van der Waals surface area contributed by atoms with Crippen LogP contribution in [0.3, 0.4) is 0 Å². The van der Waals surface area contributed by atoms with Gasteiger partial charge in [-0.2, -0.15) is 0 Å². The van der Waals surface area contributed by atoms with Gasteiger partial charge in [0, 0.05) is 0 Å². The normalized spacial score (nSPS) is 3.11. The topological polar surface area (TPSA) is 456 Å². The van der Waals surface area contributed by atoms with E-state index in [1.165, 1.54) is 0 Å². The van der Waals surface area contributed by atoms with Gasteiger partial charge in [-0.05, 0) is 0 Å². The average molecular weight is 398 g/mol. The van der Waals surface area contributed by atoms with Gasteiger partial charge in [0.05, 0.1) is 0 Å². The molecule has 136 valence electrons. The summed E-state index contributed by atoms with van der Waals surface area (Å²) < 4.78 is 8.88. The maximum absolute atomic E-state index is 8.88. The number of hydrogen-bond acceptors (Lipinski definition) is 1. The zero-order valence-corrected chi connectivity index (χ0v) is 14.9. The minimum absolute atomic E-state index is 0. The molecule has 0 rings (SSSR count). The molecule has 0 spiro atoms. The van der Waals surface area contributed by atoms with Gasteiger partial charge in [-0.3, -0.25) is 0 Å². The molecule has 0 aromatic heterocycles. The van der Waals surface area contributed by atoms with E-state index in [4.69, 9.17) is 19.2 Å². The third-order valence-corrected chi connectivity index (χ3v) is 0. The first-order valence-electron chi connectivity index (χ1n) is 0.783. The van der Waals surface area contributed by atoms with E-state index in [9.17, 15) is 0 Å². The van der Waals surface area contributed by atoms with Gasteiger partial charge in [0.2, 0.25) is 0 Å². The van der Waals surface area contributed by atoms with Gasteiger partial charge >= 0.3 is 83.3 Å². The van der Waals surface area contributed by atoms with Crippen LogP contribution >= 0.6 is 7.82 Å². The molecule has 16 nitrogen and oxygen atoms in total. The van der Waals surface area contributed by atoms with Gasteiger partial charge in [-0.25, -0.2) is 4.57 Å². The molecule has 0 fully saturated rings. The van der Waals surface area contributed by atoms with Crippen molar-refractivity contribution in [2.24, 2.45) is 0 Å². The molecular weight excluding hydrogens is 367 g/mol. The predicted octanol–water partition coefficient (Wildman–Crippen LogP) is -11.1. The summed E-state index contributed by atoms with van der Waals surface area (Å²) in [5.74, 6) is 0. The first-order valence-corrected chi connectivity index (χ1v) is 2.35. The van der Waals surface area contributed by atoms with Crippen LogP contribution in [-0.4, -0.2) is 156 Å². The number of phosphoric acid groups is 1. The summed E-state index contributed by atoms with van der Waals surface area (Å²) in [6.07, 6.45) is 0. The van der Waals surface area contributed by atoms with Crippen molar-refractivity contribution in [1.82, 2.24) is 0 Å². The summed E-state index contributed by atoms with van der Waals surface area (Å²) in [5.41, 5.74) is 0. The van der Waals surface area contributed by atoms with Gasteiger partial charge < -0.3 is 86.1 Å². The van der Waals surface area contributed by atoms with E-state index in [1.807, 2.05) is 0 Å². The molecule has 0 aliphatic rings. The minimum atomic E-state index is -4.64. The molecule has 0 radical (unpaired) electrons. The molecule has 0 unspecified atom stereocenters. The Hall–Kier alpha value is 2.15. The molecule has 0 saturated heterocycles. The quantitative estimate of drug-likeness (QED) is 0.264. The maximum atomic E-state index is 8.88. The van der Waals surface area contributed by atoms with E-state index in [0.717, 1.165) is 0 Å². The third-order valence-electron chi connectivity index (χ3n) is 0. The molecule has 19 heavy (non-hydrogen) atoms. The Morgan fingerprint density at radius 2 is 0.474 bits per heavy atom. The minimum Gasteiger partial charge on any atom is -1.00 e. The van der Waals surface area contributed by atoms with Crippen LogP contribution in [0.4, 0.5) is 0 Å². The van der Waals surface area contributed by atoms with Crippen molar-refractivity contribution in [3.05, 3.63) is 0 Å². The SMILES string of the molecule is O.O.O.O.O.O.O.O.O.O.O.O.O=P(O)(O)O.[Ca+2].[Ca+2].[H-].[H-].[H-].[H-]. The van der Waals surface area contributed by atoms with Crippen LogP contribution < -0.4 is 0 Å². The second-order valence-electron chi connectivity index (χ2n) is 0.513. The Balaban J connectivity index is -0.000000000523. The van der Waals surface area contributed by atoms with Crippen molar-refractivity contribution in [2.45, 2.75) is 0 Å². The molecule has 19 heteroatoms. The van der Waals surface area contributed by atoms with Gasteiger partial charge in [0.1, 0.15) is 0 Å². The summed E-state index contributed by atoms with van der Waals surface area (Å²) in [4.78, 5) is 21.6. The van der Waals surface area contributed by atoms with E-state index in [1.54, 1.807) is 0 Å². The summed E-state index contributed by atoms with van der Waals surface area (Å²) in [6.45, 7) is 0. The Morgan fingerprint density at radius 1 is 0.474 bits per heavy atom. The molecule has 0 saturated carbocycles. The molecule has 0 amide bonds. The Labute approximate surface area is 172 Å². The zero-order chi connectivity index (χ0) is 4.50. The van der Waals surface area contributed by atoms with Gasteiger partial charge in [0.15, 0.2) is 0 Å². The van der Waals surface area contributed by atoms with E-state index < -0.39 is 7.82 Å². The number of hydrogen-bond donors (Lipinski definition) is 3. The summed E-state index contributed by atoms with van der Waals surface area (Å²) in [5, 5.41) is 0. The third kappa shape index (κ3) is 1440. The van der Waals surface area contributed by atoms with Crippen molar-refractivity contribution < 1.29 is 90.7 Å². The molecule has 0 aromatic carbocycles. The fraction of sp³-hybridized carbons (Fsp3) is 0. The molecule has 0 aliphatic carbocycles. The van der Waals surface area contributed by atoms with E-state index in [-0.39, 0.29) is 147 Å². The standard InChI is InChI=1S/2Ca.H3O4P.12H2O.4H/c;;1-5(2,3)4;;;;;;;;;;;;;;;;/h;;(H3,1,2,3,4);12*1H2;;;;/q2*+2;;;;;;;;;;;;;;4*-1. The Kier molecular flexibility index (Phi) is 1330. The number of rotatable bonds is 0. The fourth-order valence-electron chi connectivity index (χ4n) is 0. The first-order chi connectivity index (χ1) is 2.00.